The van der Waals surface area contributed by atoms with Gasteiger partial charge in [-0.05, 0) is 24.4 Å². The van der Waals surface area contributed by atoms with Crippen molar-refractivity contribution in [2.24, 2.45) is 5.92 Å². The number of carbonyl (C=O) groups excluding carboxylic acids is 1. The zero-order chi connectivity index (χ0) is 17.1. The normalized spacial score (nSPS) is 19.4. The smallest absolute Gasteiger partial charge is 0.262 e. The Kier molecular flexibility index (Phi) is 6.95. The van der Waals surface area contributed by atoms with E-state index in [0.717, 1.165) is 19.6 Å². The number of nitrogens with one attached hydrogen (secondary N) is 2. The molecule has 0 aliphatic carbocycles. The highest BCUT2D eigenvalue weighted by atomic mass is 35.5. The van der Waals surface area contributed by atoms with Crippen LogP contribution in [0.2, 0.25) is 0 Å². The zero-order valence-corrected chi connectivity index (χ0v) is 16.2. The number of likely N-dealkylation sites (N-methyl/N-ethyl adjacent to an activating group) is 1. The van der Waals surface area contributed by atoms with Crippen LogP contribution in [0.15, 0.2) is 22.0 Å². The highest BCUT2D eigenvalue weighted by Crippen LogP contribution is 2.24. The molecule has 0 bridgehead atoms. The van der Waals surface area contributed by atoms with E-state index in [1.165, 1.54) is 11.3 Å². The Balaban J connectivity index is 0.00000225. The highest BCUT2D eigenvalue weighted by Gasteiger charge is 2.29. The number of nitrogens with zero attached hydrogens (tertiary/aromatic N) is 3. The Morgan fingerprint density at radius 1 is 1.52 bits per heavy atom. The Bertz CT molecular complexity index is 676. The van der Waals surface area contributed by atoms with E-state index in [0.29, 0.717) is 16.6 Å². The molecule has 1 aliphatic heterocycles. The molecule has 3 rings (SSSR count). The first-order chi connectivity index (χ1) is 11.6. The van der Waals surface area contributed by atoms with E-state index in [9.17, 15) is 4.79 Å². The fraction of sp³-hybridized carbons (Fsp3) is 0.562. The molecule has 1 aliphatic rings. The lowest BCUT2D eigenvalue weighted by atomic mass is 10.0. The second kappa shape index (κ2) is 8.75. The first-order valence-corrected chi connectivity index (χ1v) is 9.03. The average molecular weight is 386 g/mol. The van der Waals surface area contributed by atoms with Crippen molar-refractivity contribution in [3.63, 3.8) is 0 Å². The lowest BCUT2D eigenvalue weighted by molar-refractivity contribution is 0.0918. The van der Waals surface area contributed by atoms with E-state index >= 15 is 0 Å². The van der Waals surface area contributed by atoms with Gasteiger partial charge in [0.2, 0.25) is 5.89 Å². The van der Waals surface area contributed by atoms with Gasteiger partial charge in [-0.3, -0.25) is 9.69 Å². The summed E-state index contributed by atoms with van der Waals surface area (Å²) in [6, 6.07) is 3.46. The quantitative estimate of drug-likeness (QED) is 0.821. The van der Waals surface area contributed by atoms with Gasteiger partial charge in [0.1, 0.15) is 6.04 Å². The minimum absolute atomic E-state index is 0. The molecule has 2 aromatic rings. The summed E-state index contributed by atoms with van der Waals surface area (Å²) in [6.07, 6.45) is 0. The molecular formula is C16H24ClN5O2S. The van der Waals surface area contributed by atoms with Gasteiger partial charge in [-0.25, -0.2) is 0 Å². The van der Waals surface area contributed by atoms with Crippen LogP contribution < -0.4 is 10.6 Å². The molecule has 1 saturated heterocycles. The average Bonchev–Trinajstić information content (AvgIpc) is 3.24. The number of hydrogen-bond donors (Lipinski definition) is 2. The molecule has 0 aromatic carbocycles. The maximum absolute atomic E-state index is 12.3. The molecular weight excluding hydrogens is 362 g/mol. The van der Waals surface area contributed by atoms with Gasteiger partial charge in [0, 0.05) is 19.6 Å². The van der Waals surface area contributed by atoms with Crippen molar-refractivity contribution < 1.29 is 9.32 Å². The molecule has 2 N–H and O–H groups in total. The summed E-state index contributed by atoms with van der Waals surface area (Å²) in [5, 5.41) is 12.4. The second-order valence-electron chi connectivity index (χ2n) is 6.36. The van der Waals surface area contributed by atoms with Gasteiger partial charge < -0.3 is 15.2 Å². The molecule has 7 nitrogen and oxygen atoms in total. The number of amides is 1. The number of halogens is 1. The molecule has 0 radical (unpaired) electrons. The number of carbonyl (C=O) groups is 1. The summed E-state index contributed by atoms with van der Waals surface area (Å²) in [5.74, 6) is 1.16. The van der Waals surface area contributed by atoms with E-state index < -0.39 is 0 Å². The molecule has 9 heteroatoms. The maximum atomic E-state index is 12.3. The molecule has 25 heavy (non-hydrogen) atoms. The van der Waals surface area contributed by atoms with Gasteiger partial charge in [0.25, 0.3) is 5.91 Å². The van der Waals surface area contributed by atoms with E-state index in [-0.39, 0.29) is 36.3 Å². The molecule has 138 valence electrons. The summed E-state index contributed by atoms with van der Waals surface area (Å²) < 4.78 is 5.48. The van der Waals surface area contributed by atoms with Gasteiger partial charge in [-0.2, -0.15) is 4.98 Å². The molecule has 1 fully saturated rings. The maximum Gasteiger partial charge on any atom is 0.262 e. The van der Waals surface area contributed by atoms with Gasteiger partial charge in [-0.15, -0.1) is 23.7 Å². The van der Waals surface area contributed by atoms with Gasteiger partial charge in [-0.1, -0.05) is 25.1 Å². The van der Waals surface area contributed by atoms with Crippen molar-refractivity contribution in [2.75, 3.05) is 26.7 Å². The molecule has 0 spiro atoms. The Labute approximate surface area is 157 Å². The highest BCUT2D eigenvalue weighted by molar-refractivity contribution is 7.12. The van der Waals surface area contributed by atoms with Crippen molar-refractivity contribution in [1.29, 1.82) is 0 Å². The molecule has 2 atom stereocenters. The zero-order valence-electron chi connectivity index (χ0n) is 14.6. The predicted octanol–water partition coefficient (Wildman–Crippen LogP) is 2.26. The number of rotatable bonds is 5. The van der Waals surface area contributed by atoms with E-state index in [1.54, 1.807) is 6.07 Å². The Hall–Kier alpha value is -1.48. The van der Waals surface area contributed by atoms with Crippen molar-refractivity contribution in [3.8, 4) is 0 Å². The largest absolute Gasteiger partial charge is 0.339 e. The van der Waals surface area contributed by atoms with Crippen LogP contribution in [0.3, 0.4) is 0 Å². The third-order valence-corrected chi connectivity index (χ3v) is 5.10. The Morgan fingerprint density at radius 3 is 2.96 bits per heavy atom. The standard InChI is InChI=1S/C16H23N5O2S.ClH/c1-10(2)13(18-15(22)12-5-4-8-24-12)16-19-14(20-23-16)11-9-17-6-7-21(11)3;/h4-5,8,10-11,13,17H,6-7,9H2,1-3H3,(H,18,22);1H. The molecule has 0 saturated carbocycles. The topological polar surface area (TPSA) is 83.3 Å². The fourth-order valence-corrected chi connectivity index (χ4v) is 3.36. The van der Waals surface area contributed by atoms with Crippen LogP contribution in [-0.2, 0) is 0 Å². The van der Waals surface area contributed by atoms with Crippen LogP contribution in [-0.4, -0.2) is 47.6 Å². The summed E-state index contributed by atoms with van der Waals surface area (Å²) in [4.78, 5) is 19.8. The van der Waals surface area contributed by atoms with E-state index in [2.05, 4.69) is 32.7 Å². The third kappa shape index (κ3) is 4.58. The first-order valence-electron chi connectivity index (χ1n) is 8.15. The van der Waals surface area contributed by atoms with E-state index in [1.807, 2.05) is 25.3 Å². The monoisotopic (exact) mass is 385 g/mol. The van der Waals surface area contributed by atoms with Crippen LogP contribution in [0.25, 0.3) is 0 Å². The van der Waals surface area contributed by atoms with Gasteiger partial charge >= 0.3 is 0 Å². The third-order valence-electron chi connectivity index (χ3n) is 4.23. The lowest BCUT2D eigenvalue weighted by Gasteiger charge is -2.30. The van der Waals surface area contributed by atoms with Crippen molar-refractivity contribution in [1.82, 2.24) is 25.7 Å². The molecule has 2 aromatic heterocycles. The molecule has 3 heterocycles. The van der Waals surface area contributed by atoms with Crippen LogP contribution in [0.1, 0.15) is 47.3 Å². The van der Waals surface area contributed by atoms with Crippen LogP contribution in [0, 0.1) is 5.92 Å². The molecule has 2 unspecified atom stereocenters. The van der Waals surface area contributed by atoms with Crippen LogP contribution in [0.5, 0.6) is 0 Å². The van der Waals surface area contributed by atoms with Gasteiger partial charge in [0.15, 0.2) is 5.82 Å². The summed E-state index contributed by atoms with van der Waals surface area (Å²) in [7, 11) is 2.06. The minimum Gasteiger partial charge on any atom is -0.339 e. The lowest BCUT2D eigenvalue weighted by Crippen LogP contribution is -2.44. The Morgan fingerprint density at radius 2 is 2.32 bits per heavy atom. The molecule has 1 amide bonds. The first kappa shape index (κ1) is 19.8. The second-order valence-corrected chi connectivity index (χ2v) is 7.31. The fourth-order valence-electron chi connectivity index (χ4n) is 2.74. The number of piperazine rings is 1. The van der Waals surface area contributed by atoms with Gasteiger partial charge in [0.05, 0.1) is 10.9 Å². The summed E-state index contributed by atoms with van der Waals surface area (Å²) in [6.45, 7) is 6.75. The number of thiophene rings is 1. The number of aromatic nitrogens is 2. The van der Waals surface area contributed by atoms with E-state index in [4.69, 9.17) is 4.52 Å². The summed E-state index contributed by atoms with van der Waals surface area (Å²) >= 11 is 1.41. The summed E-state index contributed by atoms with van der Waals surface area (Å²) in [5.41, 5.74) is 0. The van der Waals surface area contributed by atoms with Crippen LogP contribution >= 0.6 is 23.7 Å². The van der Waals surface area contributed by atoms with Crippen molar-refractivity contribution in [2.45, 2.75) is 25.9 Å². The van der Waals surface area contributed by atoms with Crippen molar-refractivity contribution in [3.05, 3.63) is 34.1 Å². The van der Waals surface area contributed by atoms with Crippen LogP contribution in [0.4, 0.5) is 0 Å². The predicted molar refractivity (Wildman–Crippen MR) is 99.2 cm³/mol. The SMILES string of the molecule is CC(C)C(NC(=O)c1cccs1)c1nc(C2CNCCN2C)no1.Cl. The van der Waals surface area contributed by atoms with Crippen molar-refractivity contribution >= 4 is 29.7 Å². The number of hydrogen-bond acceptors (Lipinski definition) is 7. The minimum atomic E-state index is -0.303.